The molecule has 2 aromatic carbocycles. The van der Waals surface area contributed by atoms with Gasteiger partial charge in [0.25, 0.3) is 5.91 Å². The number of ether oxygens (including phenoxy) is 1. The molecule has 1 unspecified atom stereocenters. The maximum Gasteiger partial charge on any atom is 0.266 e. The summed E-state index contributed by atoms with van der Waals surface area (Å²) in [4.78, 5) is 12.2. The number of rotatable bonds is 7. The van der Waals surface area contributed by atoms with Gasteiger partial charge in [-0.1, -0.05) is 65.1 Å². The molecule has 3 aromatic rings. The number of anilines is 1. The van der Waals surface area contributed by atoms with Crippen LogP contribution in [0, 0.1) is 12.7 Å². The minimum Gasteiger partial charge on any atom is -0.478 e. The summed E-state index contributed by atoms with van der Waals surface area (Å²) in [6.07, 6.45) is -0.866. The van der Waals surface area contributed by atoms with Crippen molar-refractivity contribution >= 4 is 34.1 Å². The van der Waals surface area contributed by atoms with Crippen LogP contribution < -0.4 is 10.1 Å². The molecule has 0 aliphatic heterocycles. The number of nitrogens with zero attached hydrogens (tertiary/aromatic N) is 2. The summed E-state index contributed by atoms with van der Waals surface area (Å²) in [7, 11) is 0. The van der Waals surface area contributed by atoms with Crippen LogP contribution in [0.1, 0.15) is 18.1 Å². The van der Waals surface area contributed by atoms with Crippen molar-refractivity contribution in [2.45, 2.75) is 30.0 Å². The first-order chi connectivity index (χ1) is 13.0. The van der Waals surface area contributed by atoms with E-state index in [1.54, 1.807) is 30.8 Å². The highest BCUT2D eigenvalue weighted by molar-refractivity contribution is 8.00. The second kappa shape index (κ2) is 8.96. The zero-order chi connectivity index (χ0) is 19.2. The summed E-state index contributed by atoms with van der Waals surface area (Å²) < 4.78 is 19.7. The minimum absolute atomic E-state index is 0.0340. The van der Waals surface area contributed by atoms with Crippen LogP contribution in [0.5, 0.6) is 5.75 Å². The smallest absolute Gasteiger partial charge is 0.266 e. The van der Waals surface area contributed by atoms with Gasteiger partial charge in [-0.2, -0.15) is 0 Å². The lowest BCUT2D eigenvalue weighted by molar-refractivity contribution is -0.122. The molecule has 1 amide bonds. The molecular weight excluding hydrogens is 385 g/mol. The number of hydrogen-bond acceptors (Lipinski definition) is 6. The topological polar surface area (TPSA) is 64.1 Å². The summed E-state index contributed by atoms with van der Waals surface area (Å²) in [5, 5.41) is 11.1. The van der Waals surface area contributed by atoms with Crippen LogP contribution in [0.15, 0.2) is 52.9 Å². The summed E-state index contributed by atoms with van der Waals surface area (Å²) >= 11 is 2.84. The highest BCUT2D eigenvalue weighted by Gasteiger charge is 2.18. The highest BCUT2D eigenvalue weighted by Crippen LogP contribution is 2.28. The van der Waals surface area contributed by atoms with Gasteiger partial charge in [0, 0.05) is 5.75 Å². The number of nitrogens with one attached hydrogen (secondary N) is 1. The molecule has 140 valence electrons. The van der Waals surface area contributed by atoms with Crippen molar-refractivity contribution in [2.75, 3.05) is 5.32 Å². The summed E-state index contributed by atoms with van der Waals surface area (Å²) in [6, 6.07) is 14.3. The van der Waals surface area contributed by atoms with E-state index in [-0.39, 0.29) is 5.75 Å². The van der Waals surface area contributed by atoms with Crippen LogP contribution in [0.25, 0.3) is 0 Å². The third-order valence-electron chi connectivity index (χ3n) is 3.63. The van der Waals surface area contributed by atoms with Gasteiger partial charge in [0.1, 0.15) is 0 Å². The molecule has 1 aromatic heterocycles. The van der Waals surface area contributed by atoms with E-state index in [0.717, 1.165) is 10.1 Å². The lowest BCUT2D eigenvalue weighted by Crippen LogP contribution is -2.30. The summed E-state index contributed by atoms with van der Waals surface area (Å²) in [5.74, 6) is -0.116. The Kier molecular flexibility index (Phi) is 6.41. The monoisotopic (exact) mass is 403 g/mol. The fraction of sp³-hybridized carbons (Fsp3) is 0.211. The van der Waals surface area contributed by atoms with Gasteiger partial charge < -0.3 is 4.74 Å². The predicted molar refractivity (Wildman–Crippen MR) is 106 cm³/mol. The third-order valence-corrected chi connectivity index (χ3v) is 5.67. The van der Waals surface area contributed by atoms with Gasteiger partial charge in [0.05, 0.1) is 0 Å². The van der Waals surface area contributed by atoms with Crippen molar-refractivity contribution in [3.63, 3.8) is 0 Å². The molecule has 8 heteroatoms. The fourth-order valence-corrected chi connectivity index (χ4v) is 3.85. The molecule has 0 aliphatic rings. The Morgan fingerprint density at radius 1 is 1.22 bits per heavy atom. The molecule has 0 aliphatic carbocycles. The van der Waals surface area contributed by atoms with Crippen LogP contribution in [-0.2, 0) is 10.5 Å². The van der Waals surface area contributed by atoms with Gasteiger partial charge in [-0.15, -0.1) is 10.2 Å². The number of benzene rings is 2. The molecule has 0 radical (unpaired) electrons. The van der Waals surface area contributed by atoms with Crippen LogP contribution in [-0.4, -0.2) is 22.2 Å². The first kappa shape index (κ1) is 19.3. The molecule has 1 N–H and O–H groups in total. The molecular formula is C19H18FN3O2S2. The van der Waals surface area contributed by atoms with Gasteiger partial charge in [-0.3, -0.25) is 10.1 Å². The number of thioether (sulfide) groups is 1. The van der Waals surface area contributed by atoms with E-state index in [0.29, 0.717) is 5.13 Å². The SMILES string of the molecule is Cc1ccc(CSc2nnc(NC(=O)C(C)Oc3ccccc3F)s2)cc1. The zero-order valence-electron chi connectivity index (χ0n) is 14.8. The Bertz CT molecular complexity index is 915. The molecule has 3 rings (SSSR count). The lowest BCUT2D eigenvalue weighted by atomic mass is 10.2. The number of carbonyl (C=O) groups excluding carboxylic acids is 1. The maximum absolute atomic E-state index is 13.6. The molecule has 0 bridgehead atoms. The van der Waals surface area contributed by atoms with E-state index >= 15 is 0 Å². The number of hydrogen-bond donors (Lipinski definition) is 1. The number of amides is 1. The normalized spacial score (nSPS) is 11.8. The van der Waals surface area contributed by atoms with Crippen molar-refractivity contribution in [2.24, 2.45) is 0 Å². The molecule has 0 saturated heterocycles. The maximum atomic E-state index is 13.6. The quantitative estimate of drug-likeness (QED) is 0.458. The van der Waals surface area contributed by atoms with Gasteiger partial charge in [0.2, 0.25) is 5.13 Å². The predicted octanol–water partition coefficient (Wildman–Crippen LogP) is 4.68. The molecule has 0 saturated carbocycles. The van der Waals surface area contributed by atoms with Gasteiger partial charge in [-0.05, 0) is 31.5 Å². The van der Waals surface area contributed by atoms with Crippen molar-refractivity contribution in [3.8, 4) is 5.75 Å². The fourth-order valence-electron chi connectivity index (χ4n) is 2.14. The lowest BCUT2D eigenvalue weighted by Gasteiger charge is -2.13. The molecule has 5 nitrogen and oxygen atoms in total. The van der Waals surface area contributed by atoms with E-state index < -0.39 is 17.8 Å². The number of aromatic nitrogens is 2. The van der Waals surface area contributed by atoms with Gasteiger partial charge in [0.15, 0.2) is 22.0 Å². The second-order valence-electron chi connectivity index (χ2n) is 5.83. The first-order valence-corrected chi connectivity index (χ1v) is 10.1. The van der Waals surface area contributed by atoms with E-state index in [2.05, 4.69) is 39.8 Å². The number of carbonyl (C=O) groups is 1. The summed E-state index contributed by atoms with van der Waals surface area (Å²) in [5.41, 5.74) is 2.41. The molecule has 0 fully saturated rings. The Morgan fingerprint density at radius 2 is 1.96 bits per heavy atom. The Balaban J connectivity index is 1.52. The number of para-hydroxylation sites is 1. The van der Waals surface area contributed by atoms with Crippen LogP contribution in [0.2, 0.25) is 0 Å². The second-order valence-corrected chi connectivity index (χ2v) is 8.03. The highest BCUT2D eigenvalue weighted by atomic mass is 32.2. The molecule has 27 heavy (non-hydrogen) atoms. The van der Waals surface area contributed by atoms with Crippen molar-refractivity contribution in [1.29, 1.82) is 0 Å². The summed E-state index contributed by atoms with van der Waals surface area (Å²) in [6.45, 7) is 3.60. The Labute approximate surface area is 165 Å². The average molecular weight is 404 g/mol. The zero-order valence-corrected chi connectivity index (χ0v) is 16.4. The minimum atomic E-state index is -0.866. The molecule has 0 spiro atoms. The molecule has 1 heterocycles. The Morgan fingerprint density at radius 3 is 2.70 bits per heavy atom. The van der Waals surface area contributed by atoms with E-state index in [1.807, 2.05) is 6.92 Å². The van der Waals surface area contributed by atoms with Crippen molar-refractivity contribution in [3.05, 3.63) is 65.5 Å². The third kappa shape index (κ3) is 5.51. The van der Waals surface area contributed by atoms with Crippen LogP contribution in [0.4, 0.5) is 9.52 Å². The van der Waals surface area contributed by atoms with Crippen LogP contribution >= 0.6 is 23.1 Å². The number of aryl methyl sites for hydroxylation is 1. The van der Waals surface area contributed by atoms with Crippen molar-refractivity contribution in [1.82, 2.24) is 10.2 Å². The van der Waals surface area contributed by atoms with Crippen LogP contribution in [0.3, 0.4) is 0 Å². The van der Waals surface area contributed by atoms with Gasteiger partial charge >= 0.3 is 0 Å². The van der Waals surface area contributed by atoms with Gasteiger partial charge in [-0.25, -0.2) is 4.39 Å². The number of halogens is 1. The standard InChI is InChI=1S/C19H18FN3O2S2/c1-12-7-9-14(10-8-12)11-26-19-23-22-18(27-19)21-17(24)13(2)25-16-6-4-3-5-15(16)20/h3-10,13H,11H2,1-2H3,(H,21,22,24). The van der Waals surface area contributed by atoms with Crippen molar-refractivity contribution < 1.29 is 13.9 Å². The average Bonchev–Trinajstić information content (AvgIpc) is 3.10. The largest absolute Gasteiger partial charge is 0.478 e. The first-order valence-electron chi connectivity index (χ1n) is 8.25. The van der Waals surface area contributed by atoms with E-state index in [1.165, 1.54) is 34.6 Å². The van der Waals surface area contributed by atoms with E-state index in [9.17, 15) is 9.18 Å². The van der Waals surface area contributed by atoms with E-state index in [4.69, 9.17) is 4.74 Å². The molecule has 1 atom stereocenters. The Hall–Kier alpha value is -2.45.